The Morgan fingerprint density at radius 3 is 2.37 bits per heavy atom. The molecule has 0 bridgehead atoms. The molecule has 30 heavy (non-hydrogen) atoms. The van der Waals surface area contributed by atoms with Gasteiger partial charge in [-0.3, -0.25) is 9.59 Å². The van der Waals surface area contributed by atoms with E-state index in [1.807, 2.05) is 13.0 Å². The molecular weight excluding hydrogens is 388 g/mol. The zero-order valence-corrected chi connectivity index (χ0v) is 18.3. The van der Waals surface area contributed by atoms with Crippen molar-refractivity contribution in [1.82, 2.24) is 0 Å². The van der Waals surface area contributed by atoms with Crippen LogP contribution >= 0.6 is 0 Å². The maximum Gasteiger partial charge on any atom is 0.302 e. The van der Waals surface area contributed by atoms with Gasteiger partial charge in [0.15, 0.2) is 5.78 Å². The number of carbonyl (C=O) groups excluding carboxylic acids is 2. The van der Waals surface area contributed by atoms with Gasteiger partial charge in [0.1, 0.15) is 22.9 Å². The van der Waals surface area contributed by atoms with Crippen LogP contribution in [0.1, 0.15) is 72.6 Å². The summed E-state index contributed by atoms with van der Waals surface area (Å²) in [5.41, 5.74) is -6.26. The molecule has 0 heterocycles. The van der Waals surface area contributed by atoms with E-state index >= 15 is 0 Å². The number of ketones is 1. The molecule has 7 heteroatoms. The first-order valence-corrected chi connectivity index (χ1v) is 11.0. The van der Waals surface area contributed by atoms with Crippen molar-refractivity contribution in [2.75, 3.05) is 0 Å². The third-order valence-electron chi connectivity index (χ3n) is 9.46. The van der Waals surface area contributed by atoms with Gasteiger partial charge in [0.05, 0.1) is 11.5 Å². The molecule has 4 aliphatic carbocycles. The van der Waals surface area contributed by atoms with Crippen molar-refractivity contribution in [3.05, 3.63) is 11.6 Å². The molecule has 4 rings (SSSR count). The first-order chi connectivity index (χ1) is 13.8. The molecule has 0 aromatic carbocycles. The van der Waals surface area contributed by atoms with Gasteiger partial charge in [0, 0.05) is 12.8 Å². The molecule has 0 aromatic heterocycles. The molecule has 0 amide bonds. The van der Waals surface area contributed by atoms with E-state index in [1.54, 1.807) is 6.92 Å². The van der Waals surface area contributed by atoms with E-state index in [0.717, 1.165) is 5.57 Å². The summed E-state index contributed by atoms with van der Waals surface area (Å²) in [5, 5.41) is 45.8. The molecule has 0 aromatic rings. The Balaban J connectivity index is 1.91. The fourth-order valence-corrected chi connectivity index (χ4v) is 7.57. The van der Waals surface area contributed by atoms with E-state index in [0.29, 0.717) is 19.3 Å². The standard InChI is InChI=1S/C23H34O7/c1-13(24)21(27)9-10-23(29)20(21,4)18(30-14(2)25)12-17-19(3)7-6-16(26)11-15(19)5-8-22(17,23)28/h5,16-18,26-29H,6-12H2,1-4H3/t16-,17+,18-,19-,20-,21-,22-,23+/m0/s1. The molecule has 3 saturated carbocycles. The maximum atomic E-state index is 12.6. The highest BCUT2D eigenvalue weighted by Crippen LogP contribution is 2.70. The zero-order valence-electron chi connectivity index (χ0n) is 18.3. The average molecular weight is 423 g/mol. The molecular formula is C23H34O7. The van der Waals surface area contributed by atoms with E-state index in [4.69, 9.17) is 4.74 Å². The van der Waals surface area contributed by atoms with Crippen molar-refractivity contribution in [3.8, 4) is 0 Å². The Bertz CT molecular complexity index is 822. The van der Waals surface area contributed by atoms with Crippen LogP contribution in [0.2, 0.25) is 0 Å². The number of Topliss-reactive ketones (excluding diaryl/α,β-unsaturated/α-hetero) is 1. The first-order valence-electron chi connectivity index (χ1n) is 11.0. The number of carbonyl (C=O) groups is 2. The summed E-state index contributed by atoms with van der Waals surface area (Å²) in [5.74, 6) is -1.49. The Labute approximate surface area is 177 Å². The van der Waals surface area contributed by atoms with E-state index in [1.165, 1.54) is 13.8 Å². The summed E-state index contributed by atoms with van der Waals surface area (Å²) in [6.45, 7) is 6.18. The third-order valence-corrected chi connectivity index (χ3v) is 9.46. The highest BCUT2D eigenvalue weighted by atomic mass is 16.5. The first kappa shape index (κ1) is 21.9. The normalized spacial score (nSPS) is 52.5. The minimum Gasteiger partial charge on any atom is -0.462 e. The lowest BCUT2D eigenvalue weighted by atomic mass is 9.42. The van der Waals surface area contributed by atoms with Gasteiger partial charge in [-0.2, -0.15) is 0 Å². The van der Waals surface area contributed by atoms with Crippen LogP contribution in [-0.4, -0.2) is 61.2 Å². The second kappa shape index (κ2) is 6.37. The minimum absolute atomic E-state index is 0.00583. The molecule has 7 nitrogen and oxygen atoms in total. The monoisotopic (exact) mass is 422 g/mol. The average Bonchev–Trinajstić information content (AvgIpc) is 2.88. The van der Waals surface area contributed by atoms with Gasteiger partial charge in [-0.25, -0.2) is 0 Å². The number of aliphatic hydroxyl groups is 4. The molecule has 0 aliphatic heterocycles. The van der Waals surface area contributed by atoms with Crippen LogP contribution in [0, 0.1) is 16.7 Å². The van der Waals surface area contributed by atoms with Crippen LogP contribution in [0.3, 0.4) is 0 Å². The summed E-state index contributed by atoms with van der Waals surface area (Å²) in [6, 6.07) is 0. The van der Waals surface area contributed by atoms with Gasteiger partial charge in [-0.1, -0.05) is 18.6 Å². The molecule has 0 radical (unpaired) electrons. The lowest BCUT2D eigenvalue weighted by Gasteiger charge is -2.67. The van der Waals surface area contributed by atoms with E-state index < -0.39 is 57.5 Å². The predicted octanol–water partition coefficient (Wildman–Crippen LogP) is 1.40. The van der Waals surface area contributed by atoms with Gasteiger partial charge in [0.2, 0.25) is 0 Å². The molecule has 4 N–H and O–H groups in total. The Hall–Kier alpha value is -1.28. The Morgan fingerprint density at radius 2 is 1.77 bits per heavy atom. The number of fused-ring (bicyclic) bond motifs is 5. The van der Waals surface area contributed by atoms with Gasteiger partial charge < -0.3 is 25.2 Å². The number of aliphatic hydroxyl groups excluding tert-OH is 1. The van der Waals surface area contributed by atoms with E-state index in [2.05, 4.69) is 0 Å². The Kier molecular flexibility index (Phi) is 4.66. The van der Waals surface area contributed by atoms with Crippen molar-refractivity contribution in [2.45, 2.75) is 102 Å². The predicted molar refractivity (Wildman–Crippen MR) is 107 cm³/mol. The largest absolute Gasteiger partial charge is 0.462 e. The number of hydrogen-bond donors (Lipinski definition) is 4. The molecule has 3 fully saturated rings. The lowest BCUT2D eigenvalue weighted by molar-refractivity contribution is -0.314. The van der Waals surface area contributed by atoms with Gasteiger partial charge in [-0.05, 0) is 64.2 Å². The van der Waals surface area contributed by atoms with E-state index in [9.17, 15) is 30.0 Å². The maximum absolute atomic E-state index is 12.6. The van der Waals surface area contributed by atoms with Gasteiger partial charge >= 0.3 is 5.97 Å². The van der Waals surface area contributed by atoms with Crippen LogP contribution < -0.4 is 0 Å². The Morgan fingerprint density at radius 1 is 1.10 bits per heavy atom. The molecule has 168 valence electrons. The summed E-state index contributed by atoms with van der Waals surface area (Å²) in [6.07, 6.45) is 2.76. The summed E-state index contributed by atoms with van der Waals surface area (Å²) >= 11 is 0. The summed E-state index contributed by atoms with van der Waals surface area (Å²) in [4.78, 5) is 24.6. The topological polar surface area (TPSA) is 124 Å². The zero-order chi connectivity index (χ0) is 22.3. The van der Waals surface area contributed by atoms with Gasteiger partial charge in [0.25, 0.3) is 0 Å². The van der Waals surface area contributed by atoms with Crippen molar-refractivity contribution in [2.24, 2.45) is 16.7 Å². The van der Waals surface area contributed by atoms with Crippen molar-refractivity contribution < 1.29 is 34.8 Å². The number of rotatable bonds is 2. The van der Waals surface area contributed by atoms with Crippen LogP contribution in [0.5, 0.6) is 0 Å². The molecule has 0 spiro atoms. The van der Waals surface area contributed by atoms with Crippen LogP contribution in [0.4, 0.5) is 0 Å². The second-order valence-corrected chi connectivity index (χ2v) is 10.5. The van der Waals surface area contributed by atoms with Gasteiger partial charge in [-0.15, -0.1) is 0 Å². The van der Waals surface area contributed by atoms with Crippen LogP contribution in [0.25, 0.3) is 0 Å². The quantitative estimate of drug-likeness (QED) is 0.392. The van der Waals surface area contributed by atoms with Crippen molar-refractivity contribution >= 4 is 11.8 Å². The molecule has 4 aliphatic rings. The van der Waals surface area contributed by atoms with Crippen molar-refractivity contribution in [1.29, 1.82) is 0 Å². The van der Waals surface area contributed by atoms with Crippen molar-refractivity contribution in [3.63, 3.8) is 0 Å². The fraction of sp³-hybridized carbons (Fsp3) is 0.826. The molecule has 8 atom stereocenters. The van der Waals surface area contributed by atoms with Crippen LogP contribution in [0.15, 0.2) is 11.6 Å². The lowest BCUT2D eigenvalue weighted by Crippen LogP contribution is -2.78. The van der Waals surface area contributed by atoms with E-state index in [-0.39, 0.29) is 25.7 Å². The number of esters is 1. The third kappa shape index (κ3) is 2.35. The van der Waals surface area contributed by atoms with Crippen LogP contribution in [-0.2, 0) is 14.3 Å². The minimum atomic E-state index is -1.91. The smallest absolute Gasteiger partial charge is 0.302 e. The highest BCUT2D eigenvalue weighted by molar-refractivity contribution is 5.87. The highest BCUT2D eigenvalue weighted by Gasteiger charge is 2.81. The SMILES string of the molecule is CC(=O)O[C@H]1C[C@@H]2[C@@]3(C)CC[C@H](O)CC3=CC[C@@]2(O)[C@@]2(O)CC[C@](O)(C(C)=O)[C@]12C. The fourth-order valence-electron chi connectivity index (χ4n) is 7.57. The number of hydrogen-bond acceptors (Lipinski definition) is 7. The number of ether oxygens (including phenoxy) is 1. The molecule has 0 unspecified atom stereocenters. The molecule has 0 saturated heterocycles. The summed E-state index contributed by atoms with van der Waals surface area (Å²) < 4.78 is 5.67. The second-order valence-electron chi connectivity index (χ2n) is 10.5. The summed E-state index contributed by atoms with van der Waals surface area (Å²) in [7, 11) is 0.